The van der Waals surface area contributed by atoms with Crippen molar-refractivity contribution in [3.8, 4) is 0 Å². The third-order valence-corrected chi connectivity index (χ3v) is 2.90. The summed E-state index contributed by atoms with van der Waals surface area (Å²) in [5, 5.41) is 0.784. The first-order valence-corrected chi connectivity index (χ1v) is 5.58. The van der Waals surface area contributed by atoms with E-state index >= 15 is 0 Å². The van der Waals surface area contributed by atoms with Gasteiger partial charge in [-0.25, -0.2) is 9.97 Å². The largest absolute Gasteiger partial charge is 0.373 e. The highest BCUT2D eigenvalue weighted by Crippen LogP contribution is 2.25. The van der Waals surface area contributed by atoms with E-state index < -0.39 is 0 Å². The predicted molar refractivity (Wildman–Crippen MR) is 61.4 cm³/mol. The van der Waals surface area contributed by atoms with Gasteiger partial charge in [0.25, 0.3) is 0 Å². The van der Waals surface area contributed by atoms with Crippen molar-refractivity contribution in [2.45, 2.75) is 32.8 Å². The molecular weight excluding hydrogens is 235 g/mol. The number of ether oxygens (including phenoxy) is 1. The quantitative estimate of drug-likeness (QED) is 0.765. The van der Waals surface area contributed by atoms with Gasteiger partial charge in [0.1, 0.15) is 16.4 Å². The van der Waals surface area contributed by atoms with Crippen LogP contribution < -0.4 is 0 Å². The van der Waals surface area contributed by atoms with Crippen molar-refractivity contribution in [3.05, 3.63) is 21.7 Å². The first-order chi connectivity index (χ1) is 7.10. The average Bonchev–Trinajstić information content (AvgIpc) is 2.22. The molecular formula is C10H14Cl2N2O. The highest BCUT2D eigenvalue weighted by molar-refractivity contribution is 6.34. The first-order valence-electron chi connectivity index (χ1n) is 4.82. The van der Waals surface area contributed by atoms with Gasteiger partial charge in [-0.2, -0.15) is 0 Å². The Bertz CT molecular complexity index is 321. The van der Waals surface area contributed by atoms with Crippen molar-refractivity contribution >= 4 is 23.2 Å². The summed E-state index contributed by atoms with van der Waals surface area (Å²) < 4.78 is 5.28. The zero-order chi connectivity index (χ0) is 11.4. The Balaban J connectivity index is 3.03. The van der Waals surface area contributed by atoms with Crippen molar-refractivity contribution in [3.63, 3.8) is 0 Å². The highest BCUT2D eigenvalue weighted by atomic mass is 35.5. The summed E-state index contributed by atoms with van der Waals surface area (Å²) in [6, 6.07) is 0. The molecule has 1 atom stereocenters. The van der Waals surface area contributed by atoms with Gasteiger partial charge in [0.2, 0.25) is 0 Å². The maximum Gasteiger partial charge on any atom is 0.160 e. The summed E-state index contributed by atoms with van der Waals surface area (Å²) in [5.41, 5.74) is 0.702. The molecule has 0 bridgehead atoms. The van der Waals surface area contributed by atoms with Crippen LogP contribution in [0.3, 0.4) is 0 Å². The molecule has 84 valence electrons. The van der Waals surface area contributed by atoms with Crippen LogP contribution in [0.15, 0.2) is 0 Å². The smallest absolute Gasteiger partial charge is 0.160 e. The SMILES string of the molecule is CCCC(OC)c1nc(Cl)c(C)c(Cl)n1. The summed E-state index contributed by atoms with van der Waals surface area (Å²) in [6.45, 7) is 3.86. The zero-order valence-electron chi connectivity index (χ0n) is 9.05. The Morgan fingerprint density at radius 2 is 1.80 bits per heavy atom. The van der Waals surface area contributed by atoms with E-state index in [1.54, 1.807) is 14.0 Å². The van der Waals surface area contributed by atoms with Crippen LogP contribution in [0.4, 0.5) is 0 Å². The van der Waals surface area contributed by atoms with Crippen molar-refractivity contribution in [2.75, 3.05) is 7.11 Å². The Kier molecular flexibility index (Phi) is 4.77. The van der Waals surface area contributed by atoms with Gasteiger partial charge in [0.15, 0.2) is 5.82 Å². The normalized spacial score (nSPS) is 12.9. The van der Waals surface area contributed by atoms with Crippen molar-refractivity contribution in [2.24, 2.45) is 0 Å². The van der Waals surface area contributed by atoms with E-state index in [9.17, 15) is 0 Å². The van der Waals surface area contributed by atoms with E-state index in [1.165, 1.54) is 0 Å². The minimum absolute atomic E-state index is 0.134. The molecule has 0 saturated carbocycles. The van der Waals surface area contributed by atoms with E-state index in [0.29, 0.717) is 21.7 Å². The van der Waals surface area contributed by atoms with E-state index in [1.807, 2.05) is 0 Å². The summed E-state index contributed by atoms with van der Waals surface area (Å²) in [4.78, 5) is 8.34. The topological polar surface area (TPSA) is 35.0 Å². The third-order valence-electron chi connectivity index (χ3n) is 2.17. The molecule has 1 aromatic heterocycles. The van der Waals surface area contributed by atoms with Crippen LogP contribution in [-0.4, -0.2) is 17.1 Å². The van der Waals surface area contributed by atoms with Crippen LogP contribution in [0.5, 0.6) is 0 Å². The van der Waals surface area contributed by atoms with Crippen LogP contribution in [0.2, 0.25) is 10.3 Å². The van der Waals surface area contributed by atoms with Gasteiger partial charge >= 0.3 is 0 Å². The second kappa shape index (κ2) is 5.64. The highest BCUT2D eigenvalue weighted by Gasteiger charge is 2.16. The lowest BCUT2D eigenvalue weighted by molar-refractivity contribution is 0.0876. The van der Waals surface area contributed by atoms with Crippen LogP contribution in [0, 0.1) is 6.92 Å². The molecule has 1 heterocycles. The van der Waals surface area contributed by atoms with E-state index in [2.05, 4.69) is 16.9 Å². The van der Waals surface area contributed by atoms with Gasteiger partial charge in [-0.05, 0) is 13.3 Å². The van der Waals surface area contributed by atoms with Gasteiger partial charge in [-0.1, -0.05) is 36.5 Å². The molecule has 0 N–H and O–H groups in total. The Morgan fingerprint density at radius 3 is 2.20 bits per heavy atom. The second-order valence-electron chi connectivity index (χ2n) is 3.30. The van der Waals surface area contributed by atoms with Gasteiger partial charge < -0.3 is 4.74 Å². The molecule has 0 spiro atoms. The van der Waals surface area contributed by atoms with Gasteiger partial charge in [0, 0.05) is 12.7 Å². The molecule has 0 aromatic carbocycles. The minimum Gasteiger partial charge on any atom is -0.373 e. The van der Waals surface area contributed by atoms with Gasteiger partial charge in [-0.3, -0.25) is 0 Å². The first kappa shape index (κ1) is 12.7. The van der Waals surface area contributed by atoms with Crippen LogP contribution in [0.25, 0.3) is 0 Å². The fraction of sp³-hybridized carbons (Fsp3) is 0.600. The summed E-state index contributed by atoms with van der Waals surface area (Å²) in [7, 11) is 1.63. The molecule has 0 aliphatic heterocycles. The van der Waals surface area contributed by atoms with Crippen molar-refractivity contribution in [1.29, 1.82) is 0 Å². The number of hydrogen-bond donors (Lipinski definition) is 0. The molecule has 0 radical (unpaired) electrons. The lowest BCUT2D eigenvalue weighted by Gasteiger charge is -2.13. The zero-order valence-corrected chi connectivity index (χ0v) is 10.6. The molecule has 5 heteroatoms. The third kappa shape index (κ3) is 3.03. The van der Waals surface area contributed by atoms with E-state index in [4.69, 9.17) is 27.9 Å². The maximum atomic E-state index is 5.93. The molecule has 0 amide bonds. The molecule has 0 fully saturated rings. The van der Waals surface area contributed by atoms with Crippen molar-refractivity contribution < 1.29 is 4.74 Å². The van der Waals surface area contributed by atoms with E-state index in [0.717, 1.165) is 12.8 Å². The van der Waals surface area contributed by atoms with Crippen LogP contribution >= 0.6 is 23.2 Å². The molecule has 0 saturated heterocycles. The minimum atomic E-state index is -0.134. The van der Waals surface area contributed by atoms with Crippen molar-refractivity contribution in [1.82, 2.24) is 9.97 Å². The fourth-order valence-electron chi connectivity index (χ4n) is 1.24. The number of nitrogens with zero attached hydrogens (tertiary/aromatic N) is 2. The standard InChI is InChI=1S/C10H14Cl2N2O/c1-4-5-7(15-3)10-13-8(11)6(2)9(12)14-10/h7H,4-5H2,1-3H3. The molecule has 15 heavy (non-hydrogen) atoms. The molecule has 3 nitrogen and oxygen atoms in total. The monoisotopic (exact) mass is 248 g/mol. The number of aromatic nitrogens is 2. The van der Waals surface area contributed by atoms with Gasteiger partial charge in [-0.15, -0.1) is 0 Å². The molecule has 1 aromatic rings. The molecule has 0 aliphatic carbocycles. The lowest BCUT2D eigenvalue weighted by atomic mass is 10.2. The van der Waals surface area contributed by atoms with E-state index in [-0.39, 0.29) is 6.10 Å². The van der Waals surface area contributed by atoms with Crippen LogP contribution in [-0.2, 0) is 4.74 Å². The summed E-state index contributed by atoms with van der Waals surface area (Å²) in [6.07, 6.45) is 1.71. The summed E-state index contributed by atoms with van der Waals surface area (Å²) in [5.74, 6) is 0.556. The Morgan fingerprint density at radius 1 is 1.27 bits per heavy atom. The van der Waals surface area contributed by atoms with Crippen LogP contribution in [0.1, 0.15) is 37.3 Å². The molecule has 1 rings (SSSR count). The number of halogens is 2. The number of methoxy groups -OCH3 is 1. The lowest BCUT2D eigenvalue weighted by Crippen LogP contribution is -2.07. The Hall–Kier alpha value is -0.380. The maximum absolute atomic E-state index is 5.93. The number of hydrogen-bond acceptors (Lipinski definition) is 3. The van der Waals surface area contributed by atoms with Gasteiger partial charge in [0.05, 0.1) is 0 Å². The summed E-state index contributed by atoms with van der Waals surface area (Å²) >= 11 is 11.9. The second-order valence-corrected chi connectivity index (χ2v) is 4.02. The Labute approximate surface area is 99.8 Å². The number of rotatable bonds is 4. The fourth-order valence-corrected chi connectivity index (χ4v) is 1.64. The molecule has 1 unspecified atom stereocenters. The molecule has 0 aliphatic rings. The average molecular weight is 249 g/mol. The predicted octanol–water partition coefficient (Wildman–Crippen LogP) is 3.58.